The maximum Gasteiger partial charge on any atom is 0.303 e. The molecule has 3 N–H and O–H groups in total. The van der Waals surface area contributed by atoms with Gasteiger partial charge in [-0.25, -0.2) is 4.39 Å². The van der Waals surface area contributed by atoms with E-state index in [-0.39, 0.29) is 24.8 Å². The van der Waals surface area contributed by atoms with Crippen molar-refractivity contribution >= 4 is 23.3 Å². The van der Waals surface area contributed by atoms with Crippen molar-refractivity contribution in [2.75, 3.05) is 6.61 Å². The molecular formula is C23H27FO8. The van der Waals surface area contributed by atoms with E-state index in [0.29, 0.717) is 0 Å². The molecule has 0 unspecified atom stereocenters. The zero-order chi connectivity index (χ0) is 23.9. The third-order valence-corrected chi connectivity index (χ3v) is 8.54. The van der Waals surface area contributed by atoms with Crippen LogP contribution in [0.5, 0.6) is 0 Å². The first-order valence-corrected chi connectivity index (χ1v) is 10.7. The summed E-state index contributed by atoms with van der Waals surface area (Å²) in [7, 11) is 0. The van der Waals surface area contributed by atoms with Crippen molar-refractivity contribution in [3.8, 4) is 0 Å². The van der Waals surface area contributed by atoms with E-state index in [4.69, 9.17) is 4.74 Å². The van der Waals surface area contributed by atoms with Crippen LogP contribution in [0.1, 0.15) is 40.0 Å². The number of hydrogen-bond acceptors (Lipinski definition) is 8. The van der Waals surface area contributed by atoms with E-state index in [1.165, 1.54) is 26.0 Å². The fourth-order valence-electron chi connectivity index (χ4n) is 6.84. The van der Waals surface area contributed by atoms with Gasteiger partial charge in [0.05, 0.1) is 17.6 Å². The highest BCUT2D eigenvalue weighted by Gasteiger charge is 2.77. The number of ether oxygens (including phenoxy) is 1. The third-order valence-electron chi connectivity index (χ3n) is 8.54. The molecule has 0 saturated heterocycles. The van der Waals surface area contributed by atoms with E-state index in [9.17, 15) is 34.5 Å². The zero-order valence-corrected chi connectivity index (χ0v) is 18.1. The van der Waals surface area contributed by atoms with E-state index in [1.807, 2.05) is 0 Å². The van der Waals surface area contributed by atoms with Gasteiger partial charge in [0.25, 0.3) is 0 Å². The highest BCUT2D eigenvalue weighted by atomic mass is 19.1. The molecule has 0 aromatic carbocycles. The summed E-state index contributed by atoms with van der Waals surface area (Å²) in [6.07, 6.45) is -0.603. The highest BCUT2D eigenvalue weighted by molar-refractivity contribution is 6.10. The lowest BCUT2D eigenvalue weighted by Crippen LogP contribution is -2.70. The molecule has 0 heterocycles. The first kappa shape index (κ1) is 22.9. The van der Waals surface area contributed by atoms with Crippen molar-refractivity contribution < 1.29 is 43.6 Å². The van der Waals surface area contributed by atoms with E-state index in [2.05, 4.69) is 0 Å². The summed E-state index contributed by atoms with van der Waals surface area (Å²) in [5.41, 5.74) is -7.82. The minimum atomic E-state index is -2.39. The molecule has 3 saturated carbocycles. The molecule has 3 fully saturated rings. The molecule has 0 amide bonds. The van der Waals surface area contributed by atoms with Crippen molar-refractivity contribution in [2.45, 2.75) is 63.5 Å². The number of allylic oxidation sites excluding steroid dienone is 4. The molecule has 0 aromatic rings. The number of aliphatic hydroxyl groups is 3. The summed E-state index contributed by atoms with van der Waals surface area (Å²) in [4.78, 5) is 48.9. The van der Waals surface area contributed by atoms with Crippen molar-refractivity contribution in [1.82, 2.24) is 0 Å². The Labute approximate surface area is 184 Å². The minimum Gasteiger partial charge on any atom is -0.458 e. The predicted molar refractivity (Wildman–Crippen MR) is 107 cm³/mol. The fourth-order valence-corrected chi connectivity index (χ4v) is 6.84. The molecule has 4 aliphatic rings. The Bertz CT molecular complexity index is 986. The number of rotatable bonds is 3. The van der Waals surface area contributed by atoms with Crippen molar-refractivity contribution in [3.05, 3.63) is 23.8 Å². The monoisotopic (exact) mass is 450 g/mol. The summed E-state index contributed by atoms with van der Waals surface area (Å²) in [5, 5.41) is 33.3. The molecule has 0 aromatic heterocycles. The summed E-state index contributed by atoms with van der Waals surface area (Å²) in [5.74, 6) is -4.52. The van der Waals surface area contributed by atoms with Crippen LogP contribution in [-0.2, 0) is 23.9 Å². The Kier molecular flexibility index (Phi) is 4.94. The number of fused-ring (bicyclic) bond motifs is 5. The fraction of sp³-hybridized carbons (Fsp3) is 0.652. The number of carbonyl (C=O) groups excluding carboxylic acids is 4. The summed E-state index contributed by atoms with van der Waals surface area (Å²) >= 11 is 0. The van der Waals surface area contributed by atoms with Gasteiger partial charge in [0.15, 0.2) is 29.4 Å². The van der Waals surface area contributed by atoms with Crippen LogP contribution in [-0.4, -0.2) is 68.7 Å². The van der Waals surface area contributed by atoms with Gasteiger partial charge < -0.3 is 20.1 Å². The van der Waals surface area contributed by atoms with E-state index < -0.39 is 76.1 Å². The van der Waals surface area contributed by atoms with Crippen molar-refractivity contribution in [1.29, 1.82) is 0 Å². The molecule has 8 nitrogen and oxygen atoms in total. The van der Waals surface area contributed by atoms with Gasteiger partial charge >= 0.3 is 5.97 Å². The summed E-state index contributed by atoms with van der Waals surface area (Å²) in [6.45, 7) is 3.26. The smallest absolute Gasteiger partial charge is 0.303 e. The first-order valence-electron chi connectivity index (χ1n) is 10.7. The average Bonchev–Trinajstić information content (AvgIpc) is 2.91. The normalized spacial score (nSPS) is 47.3. The number of halogens is 1. The van der Waals surface area contributed by atoms with Crippen molar-refractivity contribution in [2.24, 2.45) is 22.7 Å². The lowest BCUT2D eigenvalue weighted by Gasteiger charge is -2.61. The molecule has 0 radical (unpaired) electrons. The molecule has 4 rings (SSSR count). The Morgan fingerprint density at radius 3 is 2.47 bits per heavy atom. The van der Waals surface area contributed by atoms with Gasteiger partial charge in [-0.15, -0.1) is 0 Å². The molecule has 0 bridgehead atoms. The maximum absolute atomic E-state index is 17.0. The van der Waals surface area contributed by atoms with Gasteiger partial charge in [0, 0.05) is 30.3 Å². The predicted octanol–water partition coefficient (Wildman–Crippen LogP) is 0.370. The number of carbonyl (C=O) groups is 4. The molecule has 4 aliphatic carbocycles. The second-order valence-electron chi connectivity index (χ2n) is 9.96. The molecule has 32 heavy (non-hydrogen) atoms. The minimum absolute atomic E-state index is 0.00820. The number of aliphatic hydroxyl groups excluding tert-OH is 2. The maximum atomic E-state index is 17.0. The molecule has 174 valence electrons. The molecule has 0 aliphatic heterocycles. The van der Waals surface area contributed by atoms with Crippen LogP contribution in [0.2, 0.25) is 0 Å². The SMILES string of the molecule is CC(=O)OCC(=O)[C@@]1(O)[C@H](O)C[C@H]2[C@@H]3CC(=O)C4=CC(=O)C=C[C@]4(C)[C@@]3(F)[C@@H](O)C[C@@]21C. The standard InChI is InChI=1S/C23H27FO8/c1-11(25)32-10-19(30)23(31)17(28)8-13-14-7-16(27)15-6-12(26)4-5-20(15,2)22(14,24)18(29)9-21(13,23)3/h4-6,13-14,17-18,28-29,31H,7-10H2,1-3H3/t13-,14-,17+,18-,20-,21-,22-,23-/m0/s1. The number of hydrogen-bond donors (Lipinski definition) is 3. The van der Waals surface area contributed by atoms with Gasteiger partial charge in [-0.3, -0.25) is 19.2 Å². The number of esters is 1. The third kappa shape index (κ3) is 2.58. The molecule has 9 heteroatoms. The second kappa shape index (κ2) is 6.88. The van der Waals surface area contributed by atoms with Gasteiger partial charge in [0.1, 0.15) is 0 Å². The Morgan fingerprint density at radius 2 is 1.84 bits per heavy atom. The van der Waals surface area contributed by atoms with Crippen molar-refractivity contribution in [3.63, 3.8) is 0 Å². The largest absolute Gasteiger partial charge is 0.458 e. The van der Waals surface area contributed by atoms with Crippen LogP contribution in [0.3, 0.4) is 0 Å². The first-order chi connectivity index (χ1) is 14.7. The molecule has 8 atom stereocenters. The number of Topliss-reactive ketones (excluding diaryl/α,β-unsaturated/α-hetero) is 2. The van der Waals surface area contributed by atoms with E-state index in [1.54, 1.807) is 0 Å². The lowest BCUT2D eigenvalue weighted by atomic mass is 9.44. The zero-order valence-electron chi connectivity index (χ0n) is 18.1. The van der Waals surface area contributed by atoms with Gasteiger partial charge in [0.2, 0.25) is 5.78 Å². The number of ketones is 3. The van der Waals surface area contributed by atoms with Crippen LogP contribution in [0.15, 0.2) is 23.8 Å². The van der Waals surface area contributed by atoms with Gasteiger partial charge in [-0.05, 0) is 37.8 Å². The Balaban J connectivity index is 1.80. The molecule has 0 spiro atoms. The van der Waals surface area contributed by atoms with E-state index >= 15 is 4.39 Å². The average molecular weight is 450 g/mol. The lowest BCUT2D eigenvalue weighted by molar-refractivity contribution is -0.221. The van der Waals surface area contributed by atoms with Gasteiger partial charge in [-0.2, -0.15) is 0 Å². The molecular weight excluding hydrogens is 423 g/mol. The Hall–Kier alpha value is -2.23. The van der Waals surface area contributed by atoms with Crippen LogP contribution in [0, 0.1) is 22.7 Å². The Morgan fingerprint density at radius 1 is 1.19 bits per heavy atom. The van der Waals surface area contributed by atoms with Crippen LogP contribution in [0.4, 0.5) is 4.39 Å². The topological polar surface area (TPSA) is 138 Å². The summed E-state index contributed by atoms with van der Waals surface area (Å²) in [6, 6.07) is 0. The quantitative estimate of drug-likeness (QED) is 0.525. The second-order valence-corrected chi connectivity index (χ2v) is 9.96. The van der Waals surface area contributed by atoms with Crippen LogP contribution < -0.4 is 0 Å². The van der Waals surface area contributed by atoms with Crippen LogP contribution in [0.25, 0.3) is 0 Å². The highest BCUT2D eigenvalue weighted by Crippen LogP contribution is 2.69. The summed E-state index contributed by atoms with van der Waals surface area (Å²) < 4.78 is 21.7. The van der Waals surface area contributed by atoms with Crippen LogP contribution >= 0.6 is 0 Å². The van der Waals surface area contributed by atoms with E-state index in [0.717, 1.165) is 13.0 Å². The number of alkyl halides is 1. The van der Waals surface area contributed by atoms with Gasteiger partial charge in [-0.1, -0.05) is 13.0 Å².